The number of aryl methyl sites for hydroxylation is 2. The Balaban J connectivity index is 1.71. The van der Waals surface area contributed by atoms with Crippen molar-refractivity contribution in [3.63, 3.8) is 0 Å². The third-order valence-electron chi connectivity index (χ3n) is 4.22. The fraction of sp³-hybridized carbons (Fsp3) is 0.238. The Morgan fingerprint density at radius 2 is 1.81 bits per heavy atom. The van der Waals surface area contributed by atoms with E-state index in [0.717, 1.165) is 22.4 Å². The highest BCUT2D eigenvalue weighted by molar-refractivity contribution is 5.92. The van der Waals surface area contributed by atoms with Gasteiger partial charge in [0.15, 0.2) is 17.3 Å². The largest absolute Gasteiger partial charge is 0.493 e. The minimum absolute atomic E-state index is 0.129. The first-order valence-corrected chi connectivity index (χ1v) is 8.55. The Morgan fingerprint density at radius 1 is 1.04 bits per heavy atom. The molecule has 0 bridgehead atoms. The topological polar surface area (TPSA) is 73.6 Å². The molecule has 0 aliphatic heterocycles. The molecule has 0 unspecified atom stereocenters. The predicted molar refractivity (Wildman–Crippen MR) is 103 cm³/mol. The number of ether oxygens (including phenoxy) is 2. The number of nitrogens with one attached hydrogen (secondary N) is 1. The first-order valence-electron chi connectivity index (χ1n) is 8.55. The maximum atomic E-state index is 12.3. The lowest BCUT2D eigenvalue weighted by Gasteiger charge is -2.08. The van der Waals surface area contributed by atoms with Gasteiger partial charge in [-0.3, -0.25) is 4.79 Å². The van der Waals surface area contributed by atoms with Crippen LogP contribution in [0.3, 0.4) is 0 Å². The number of carbonyl (C=O) groups excluding carboxylic acids is 1. The van der Waals surface area contributed by atoms with Gasteiger partial charge >= 0.3 is 0 Å². The molecular formula is C21H22N2O4. The van der Waals surface area contributed by atoms with E-state index < -0.39 is 0 Å². The molecule has 0 radical (unpaired) electrons. The molecule has 1 N–H and O–H groups in total. The molecule has 0 saturated carbocycles. The van der Waals surface area contributed by atoms with Crippen molar-refractivity contribution in [2.75, 3.05) is 19.5 Å². The van der Waals surface area contributed by atoms with E-state index in [0.29, 0.717) is 23.0 Å². The summed E-state index contributed by atoms with van der Waals surface area (Å²) in [6.07, 6.45) is 0.129. The Hall–Kier alpha value is -3.28. The van der Waals surface area contributed by atoms with Crippen LogP contribution in [-0.4, -0.2) is 25.3 Å². The summed E-state index contributed by atoms with van der Waals surface area (Å²) in [5.41, 5.74) is 4.33. The number of hydrogen-bond donors (Lipinski definition) is 1. The maximum absolute atomic E-state index is 12.3. The molecule has 6 heteroatoms. The van der Waals surface area contributed by atoms with Crippen LogP contribution in [0.5, 0.6) is 11.5 Å². The van der Waals surface area contributed by atoms with Gasteiger partial charge in [0.2, 0.25) is 5.91 Å². The van der Waals surface area contributed by atoms with Crippen molar-refractivity contribution in [1.29, 1.82) is 0 Å². The smallest absolute Gasteiger partial charge is 0.230 e. The van der Waals surface area contributed by atoms with E-state index in [1.165, 1.54) is 0 Å². The third-order valence-corrected chi connectivity index (χ3v) is 4.22. The van der Waals surface area contributed by atoms with Crippen LogP contribution in [0.15, 0.2) is 47.0 Å². The van der Waals surface area contributed by atoms with Crippen molar-refractivity contribution < 1.29 is 18.8 Å². The summed E-state index contributed by atoms with van der Waals surface area (Å²) in [5.74, 6) is 1.65. The first kappa shape index (κ1) is 18.5. The van der Waals surface area contributed by atoms with Crippen LogP contribution in [0.4, 0.5) is 5.69 Å². The minimum Gasteiger partial charge on any atom is -0.493 e. The number of methoxy groups -OCH3 is 2. The average Bonchev–Trinajstić information content (AvgIpc) is 3.11. The number of benzene rings is 2. The summed E-state index contributed by atoms with van der Waals surface area (Å²) in [5, 5.41) is 6.91. The molecule has 1 amide bonds. The van der Waals surface area contributed by atoms with E-state index in [9.17, 15) is 4.79 Å². The van der Waals surface area contributed by atoms with Crippen LogP contribution in [-0.2, 0) is 11.2 Å². The highest BCUT2D eigenvalue weighted by Gasteiger charge is 2.13. The molecule has 0 aliphatic carbocycles. The molecule has 2 aromatic carbocycles. The fourth-order valence-electron chi connectivity index (χ4n) is 2.83. The second-order valence-electron chi connectivity index (χ2n) is 6.30. The number of rotatable bonds is 6. The molecule has 6 nitrogen and oxygen atoms in total. The lowest BCUT2D eigenvalue weighted by molar-refractivity contribution is -0.115. The van der Waals surface area contributed by atoms with Crippen molar-refractivity contribution >= 4 is 11.6 Å². The van der Waals surface area contributed by atoms with Gasteiger partial charge in [0.25, 0.3) is 0 Å². The molecule has 0 atom stereocenters. The zero-order chi connectivity index (χ0) is 19.4. The highest BCUT2D eigenvalue weighted by atomic mass is 16.5. The van der Waals surface area contributed by atoms with Gasteiger partial charge in [0.1, 0.15) is 0 Å². The van der Waals surface area contributed by atoms with Crippen LogP contribution < -0.4 is 14.8 Å². The number of amides is 1. The molecule has 1 heterocycles. The van der Waals surface area contributed by atoms with Crippen LogP contribution in [0.2, 0.25) is 0 Å². The molecule has 0 fully saturated rings. The minimum atomic E-state index is -0.144. The van der Waals surface area contributed by atoms with E-state index in [2.05, 4.69) is 10.5 Å². The zero-order valence-corrected chi connectivity index (χ0v) is 15.8. The number of aromatic nitrogens is 1. The van der Waals surface area contributed by atoms with Gasteiger partial charge in [-0.1, -0.05) is 22.9 Å². The molecule has 3 aromatic rings. The summed E-state index contributed by atoms with van der Waals surface area (Å²) in [4.78, 5) is 12.3. The van der Waals surface area contributed by atoms with Gasteiger partial charge in [-0.2, -0.15) is 0 Å². The SMILES string of the molecule is COc1ccc(-c2cc(CC(=O)Nc3ccc(C)cc3C)no2)cc1OC. The van der Waals surface area contributed by atoms with Crippen LogP contribution in [0, 0.1) is 13.8 Å². The number of nitrogens with zero attached hydrogens (tertiary/aromatic N) is 1. The van der Waals surface area contributed by atoms with Gasteiger partial charge in [-0.05, 0) is 43.7 Å². The van der Waals surface area contributed by atoms with Crippen molar-refractivity contribution in [3.05, 3.63) is 59.3 Å². The zero-order valence-electron chi connectivity index (χ0n) is 15.8. The quantitative estimate of drug-likeness (QED) is 0.709. The highest BCUT2D eigenvalue weighted by Crippen LogP contribution is 2.32. The summed E-state index contributed by atoms with van der Waals surface area (Å²) in [6, 6.07) is 13.1. The first-order chi connectivity index (χ1) is 13.0. The van der Waals surface area contributed by atoms with Gasteiger partial charge in [-0.15, -0.1) is 0 Å². The van der Waals surface area contributed by atoms with Gasteiger partial charge < -0.3 is 19.3 Å². The van der Waals surface area contributed by atoms with Crippen LogP contribution >= 0.6 is 0 Å². The molecule has 140 valence electrons. The van der Waals surface area contributed by atoms with Crippen molar-refractivity contribution in [2.45, 2.75) is 20.3 Å². The Morgan fingerprint density at radius 3 is 2.52 bits per heavy atom. The average molecular weight is 366 g/mol. The van der Waals surface area contributed by atoms with Crippen molar-refractivity contribution in [3.8, 4) is 22.8 Å². The molecule has 0 saturated heterocycles. The number of anilines is 1. The summed E-state index contributed by atoms with van der Waals surface area (Å²) >= 11 is 0. The Labute approximate surface area is 158 Å². The maximum Gasteiger partial charge on any atom is 0.230 e. The second-order valence-corrected chi connectivity index (χ2v) is 6.30. The standard InChI is InChI=1S/C21H22N2O4/c1-13-5-7-17(14(2)9-13)22-21(24)12-16-11-19(27-23-16)15-6-8-18(25-3)20(10-15)26-4/h5-11H,12H2,1-4H3,(H,22,24). The lowest BCUT2D eigenvalue weighted by atomic mass is 10.1. The van der Waals surface area contributed by atoms with Gasteiger partial charge in [0, 0.05) is 17.3 Å². The number of hydrogen-bond acceptors (Lipinski definition) is 5. The third kappa shape index (κ3) is 4.28. The summed E-state index contributed by atoms with van der Waals surface area (Å²) in [7, 11) is 3.16. The monoisotopic (exact) mass is 366 g/mol. The second kappa shape index (κ2) is 7.95. The van der Waals surface area contributed by atoms with E-state index in [1.54, 1.807) is 32.4 Å². The van der Waals surface area contributed by atoms with Crippen LogP contribution in [0.25, 0.3) is 11.3 Å². The van der Waals surface area contributed by atoms with Gasteiger partial charge in [-0.25, -0.2) is 0 Å². The number of carbonyl (C=O) groups is 1. The molecule has 27 heavy (non-hydrogen) atoms. The summed E-state index contributed by atoms with van der Waals surface area (Å²) in [6.45, 7) is 3.98. The molecule has 3 rings (SSSR count). The summed E-state index contributed by atoms with van der Waals surface area (Å²) < 4.78 is 15.9. The lowest BCUT2D eigenvalue weighted by Crippen LogP contribution is -2.15. The molecule has 1 aromatic heterocycles. The van der Waals surface area contributed by atoms with E-state index in [4.69, 9.17) is 14.0 Å². The van der Waals surface area contributed by atoms with E-state index >= 15 is 0 Å². The molecule has 0 spiro atoms. The van der Waals surface area contributed by atoms with Gasteiger partial charge in [0.05, 0.1) is 26.3 Å². The fourth-order valence-corrected chi connectivity index (χ4v) is 2.83. The Kier molecular flexibility index (Phi) is 5.45. The van der Waals surface area contributed by atoms with Crippen LogP contribution in [0.1, 0.15) is 16.8 Å². The molecular weight excluding hydrogens is 344 g/mol. The predicted octanol–water partition coefficient (Wildman–Crippen LogP) is 4.16. The van der Waals surface area contributed by atoms with Crippen molar-refractivity contribution in [1.82, 2.24) is 5.16 Å². The molecule has 0 aliphatic rings. The van der Waals surface area contributed by atoms with Crippen molar-refractivity contribution in [2.24, 2.45) is 0 Å². The Bertz CT molecular complexity index is 963. The normalized spacial score (nSPS) is 10.5. The van der Waals surface area contributed by atoms with E-state index in [1.807, 2.05) is 38.1 Å². The van der Waals surface area contributed by atoms with E-state index in [-0.39, 0.29) is 12.3 Å².